The number of carbonyl (C=O) groups is 1. The van der Waals surface area contributed by atoms with Gasteiger partial charge in [0.1, 0.15) is 5.69 Å². The lowest BCUT2D eigenvalue weighted by Crippen LogP contribution is -2.39. The minimum atomic E-state index is -0.304. The van der Waals surface area contributed by atoms with Crippen molar-refractivity contribution >= 4 is 21.8 Å². The van der Waals surface area contributed by atoms with E-state index in [1.807, 2.05) is 11.0 Å². The molecular weight excluding hydrogens is 338 g/mol. The van der Waals surface area contributed by atoms with E-state index in [0.717, 1.165) is 23.9 Å². The van der Waals surface area contributed by atoms with Crippen molar-refractivity contribution in [3.63, 3.8) is 0 Å². The van der Waals surface area contributed by atoms with Crippen LogP contribution in [0.5, 0.6) is 0 Å². The van der Waals surface area contributed by atoms with E-state index in [1.165, 1.54) is 0 Å². The lowest BCUT2D eigenvalue weighted by Gasteiger charge is -2.19. The lowest BCUT2D eigenvalue weighted by atomic mass is 10.2. The van der Waals surface area contributed by atoms with Crippen LogP contribution in [0.25, 0.3) is 11.6 Å². The third kappa shape index (κ3) is 3.11. The molecule has 0 aromatic carbocycles. The number of amides is 1. The summed E-state index contributed by atoms with van der Waals surface area (Å²) in [6.45, 7) is 1.24. The van der Waals surface area contributed by atoms with Gasteiger partial charge >= 0.3 is 0 Å². The van der Waals surface area contributed by atoms with Gasteiger partial charge in [0.15, 0.2) is 0 Å². The molecule has 0 saturated carbocycles. The summed E-state index contributed by atoms with van der Waals surface area (Å²) in [7, 11) is 0. The van der Waals surface area contributed by atoms with E-state index < -0.39 is 0 Å². The largest absolute Gasteiger partial charge is 0.418 e. The Balaban J connectivity index is 1.73. The van der Waals surface area contributed by atoms with Gasteiger partial charge < -0.3 is 10.2 Å². The van der Waals surface area contributed by atoms with E-state index in [0.29, 0.717) is 24.0 Å². The number of hydrogen-bond donors (Lipinski definition) is 1. The molecule has 7 nitrogen and oxygen atoms in total. The van der Waals surface area contributed by atoms with Gasteiger partial charge in [-0.25, -0.2) is 4.98 Å². The van der Waals surface area contributed by atoms with Gasteiger partial charge in [0.2, 0.25) is 11.8 Å². The van der Waals surface area contributed by atoms with Crippen LogP contribution >= 0.6 is 15.9 Å². The third-order valence-electron chi connectivity index (χ3n) is 3.44. The Hall–Kier alpha value is -1.80. The first-order valence-corrected chi connectivity index (χ1v) is 7.40. The summed E-state index contributed by atoms with van der Waals surface area (Å²) < 4.78 is 6.49. The van der Waals surface area contributed by atoms with E-state index in [2.05, 4.69) is 31.1 Å². The van der Waals surface area contributed by atoms with Crippen LogP contribution in [0, 0.1) is 0 Å². The van der Waals surface area contributed by atoms with Gasteiger partial charge in [-0.15, -0.1) is 10.2 Å². The highest BCUT2D eigenvalue weighted by Gasteiger charge is 2.30. The quantitative estimate of drug-likeness (QED) is 0.892. The summed E-state index contributed by atoms with van der Waals surface area (Å²) in [4.78, 5) is 17.5. The summed E-state index contributed by atoms with van der Waals surface area (Å²) in [6.07, 6.45) is 3.40. The van der Waals surface area contributed by atoms with Gasteiger partial charge in [0.25, 0.3) is 5.89 Å². The van der Waals surface area contributed by atoms with Crippen molar-refractivity contribution < 1.29 is 9.21 Å². The zero-order valence-electron chi connectivity index (χ0n) is 11.2. The summed E-state index contributed by atoms with van der Waals surface area (Å²) >= 11 is 3.32. The molecular formula is C13H14BrN5O2. The minimum absolute atomic E-state index is 0.244. The fraction of sp³-hybridized carbons (Fsp3) is 0.385. The Labute approximate surface area is 129 Å². The van der Waals surface area contributed by atoms with Crippen molar-refractivity contribution in [3.8, 4) is 11.6 Å². The number of aromatic nitrogens is 3. The maximum absolute atomic E-state index is 11.4. The molecule has 3 heterocycles. The average molecular weight is 352 g/mol. The summed E-state index contributed by atoms with van der Waals surface area (Å²) in [5.41, 5.74) is 6.01. The smallest absolute Gasteiger partial charge is 0.266 e. The van der Waals surface area contributed by atoms with Gasteiger partial charge in [-0.3, -0.25) is 9.69 Å². The van der Waals surface area contributed by atoms with Crippen LogP contribution in [0.3, 0.4) is 0 Å². The maximum atomic E-state index is 11.4. The normalized spacial score (nSPS) is 19.0. The van der Waals surface area contributed by atoms with Crippen molar-refractivity contribution in [2.75, 3.05) is 6.54 Å². The molecule has 3 rings (SSSR count). The van der Waals surface area contributed by atoms with Gasteiger partial charge in [0.05, 0.1) is 12.6 Å². The van der Waals surface area contributed by atoms with E-state index in [9.17, 15) is 4.79 Å². The molecule has 0 spiro atoms. The number of nitrogens with zero attached hydrogens (tertiary/aromatic N) is 4. The minimum Gasteiger partial charge on any atom is -0.418 e. The molecule has 2 aromatic heterocycles. The molecule has 0 radical (unpaired) electrons. The predicted molar refractivity (Wildman–Crippen MR) is 77.9 cm³/mol. The highest BCUT2D eigenvalue weighted by atomic mass is 79.9. The first-order valence-electron chi connectivity index (χ1n) is 6.61. The van der Waals surface area contributed by atoms with Crippen LogP contribution in [0.2, 0.25) is 0 Å². The van der Waals surface area contributed by atoms with Crippen molar-refractivity contribution in [2.45, 2.75) is 25.4 Å². The monoisotopic (exact) mass is 351 g/mol. The van der Waals surface area contributed by atoms with Crippen molar-refractivity contribution in [1.29, 1.82) is 0 Å². The third-order valence-corrected chi connectivity index (χ3v) is 3.91. The second kappa shape index (κ2) is 5.90. The van der Waals surface area contributed by atoms with Gasteiger partial charge in [0, 0.05) is 10.7 Å². The van der Waals surface area contributed by atoms with Crippen molar-refractivity contribution in [3.05, 3.63) is 28.7 Å². The van der Waals surface area contributed by atoms with E-state index in [4.69, 9.17) is 10.2 Å². The molecule has 110 valence electrons. The summed E-state index contributed by atoms with van der Waals surface area (Å²) in [6, 6.07) is 3.41. The first kappa shape index (κ1) is 14.2. The Bertz CT molecular complexity index is 642. The SMILES string of the molecule is NC(=O)[C@@H]1CCCN1Cc1nnc(-c2ccc(Br)cn2)o1. The van der Waals surface area contributed by atoms with Crippen molar-refractivity contribution in [1.82, 2.24) is 20.1 Å². The van der Waals surface area contributed by atoms with Crippen LogP contribution in [-0.2, 0) is 11.3 Å². The molecule has 1 saturated heterocycles. The zero-order chi connectivity index (χ0) is 14.8. The molecule has 0 bridgehead atoms. The number of hydrogen-bond acceptors (Lipinski definition) is 6. The lowest BCUT2D eigenvalue weighted by molar-refractivity contribution is -0.122. The van der Waals surface area contributed by atoms with Crippen LogP contribution < -0.4 is 5.73 Å². The number of carbonyl (C=O) groups excluding carboxylic acids is 1. The summed E-state index contributed by atoms with van der Waals surface area (Å²) in [5, 5.41) is 8.00. The topological polar surface area (TPSA) is 98.1 Å². The van der Waals surface area contributed by atoms with E-state index in [-0.39, 0.29) is 11.9 Å². The Kier molecular flexibility index (Phi) is 3.98. The molecule has 1 fully saturated rings. The number of halogens is 1. The fourth-order valence-electron chi connectivity index (χ4n) is 2.43. The van der Waals surface area contributed by atoms with Crippen LogP contribution in [0.1, 0.15) is 18.7 Å². The zero-order valence-corrected chi connectivity index (χ0v) is 12.8. The molecule has 2 aromatic rings. The number of rotatable bonds is 4. The fourth-order valence-corrected chi connectivity index (χ4v) is 2.67. The Morgan fingerprint density at radius 3 is 3.05 bits per heavy atom. The van der Waals surface area contributed by atoms with Crippen LogP contribution in [0.4, 0.5) is 0 Å². The van der Waals surface area contributed by atoms with Gasteiger partial charge in [-0.2, -0.15) is 0 Å². The van der Waals surface area contributed by atoms with E-state index >= 15 is 0 Å². The molecule has 2 N–H and O–H groups in total. The molecule has 0 unspecified atom stereocenters. The Morgan fingerprint density at radius 1 is 1.48 bits per heavy atom. The number of nitrogens with two attached hydrogens (primary N) is 1. The summed E-state index contributed by atoms with van der Waals surface area (Å²) in [5.74, 6) is 0.525. The predicted octanol–water partition coefficient (Wildman–Crippen LogP) is 1.34. The molecule has 1 atom stereocenters. The average Bonchev–Trinajstić information content (AvgIpc) is 3.09. The van der Waals surface area contributed by atoms with E-state index in [1.54, 1.807) is 12.3 Å². The molecule has 1 aliphatic heterocycles. The van der Waals surface area contributed by atoms with Gasteiger partial charge in [-0.05, 0) is 47.4 Å². The van der Waals surface area contributed by atoms with Crippen LogP contribution in [-0.4, -0.2) is 38.6 Å². The second-order valence-corrected chi connectivity index (χ2v) is 5.81. The second-order valence-electron chi connectivity index (χ2n) is 4.89. The Morgan fingerprint density at radius 2 is 2.33 bits per heavy atom. The molecule has 1 amide bonds. The number of pyridine rings is 1. The first-order chi connectivity index (χ1) is 10.1. The maximum Gasteiger partial charge on any atom is 0.266 e. The van der Waals surface area contributed by atoms with Crippen LogP contribution in [0.15, 0.2) is 27.2 Å². The molecule has 0 aliphatic carbocycles. The highest BCUT2D eigenvalue weighted by molar-refractivity contribution is 9.10. The molecule has 21 heavy (non-hydrogen) atoms. The molecule has 8 heteroatoms. The standard InChI is InChI=1S/C13H14BrN5O2/c14-8-3-4-9(16-6-8)13-18-17-11(21-13)7-19-5-1-2-10(19)12(15)20/h3-4,6,10H,1-2,5,7H2,(H2,15,20)/t10-/m0/s1. The number of primary amides is 1. The molecule has 1 aliphatic rings. The number of likely N-dealkylation sites (tertiary alicyclic amines) is 1. The highest BCUT2D eigenvalue weighted by Crippen LogP contribution is 2.22. The van der Waals surface area contributed by atoms with Gasteiger partial charge in [-0.1, -0.05) is 0 Å². The van der Waals surface area contributed by atoms with Crippen molar-refractivity contribution in [2.24, 2.45) is 5.73 Å².